The molecule has 0 fully saturated rings. The first-order valence-corrected chi connectivity index (χ1v) is 11.0. The molecule has 0 amide bonds. The number of hydrogen-bond donors (Lipinski definition) is 0. The summed E-state index contributed by atoms with van der Waals surface area (Å²) in [6.45, 7) is 0.261. The van der Waals surface area contributed by atoms with E-state index in [1.54, 1.807) is 23.7 Å². The number of benzene rings is 2. The standard InChI is InChI=1S/C21H17Cl2FN4O2S/c1-26-18-17(19(29)27(2)21(26)30)28(10-12-6-3-4-7-14(12)22)20(25-18)31-11-13-15(23)8-5-9-16(13)24/h3-9H,10-11H2,1-2H3. The smallest absolute Gasteiger partial charge is 0.309 e. The molecule has 0 radical (unpaired) electrons. The molecule has 0 aliphatic rings. The van der Waals surface area contributed by atoms with Gasteiger partial charge in [0.2, 0.25) is 0 Å². The summed E-state index contributed by atoms with van der Waals surface area (Å²) in [4.78, 5) is 29.9. The predicted octanol–water partition coefficient (Wildman–Crippen LogP) is 4.22. The fourth-order valence-electron chi connectivity index (χ4n) is 3.29. The van der Waals surface area contributed by atoms with Crippen molar-refractivity contribution in [3.8, 4) is 0 Å². The number of fused-ring (bicyclic) bond motifs is 1. The summed E-state index contributed by atoms with van der Waals surface area (Å²) >= 11 is 13.7. The highest BCUT2D eigenvalue weighted by Crippen LogP contribution is 2.30. The third-order valence-corrected chi connectivity index (χ3v) is 6.73. The third kappa shape index (κ3) is 3.91. The van der Waals surface area contributed by atoms with E-state index in [0.29, 0.717) is 20.8 Å². The molecular formula is C21H17Cl2FN4O2S. The Morgan fingerprint density at radius 2 is 1.71 bits per heavy atom. The molecular weight excluding hydrogens is 462 g/mol. The first-order chi connectivity index (χ1) is 14.8. The molecule has 160 valence electrons. The summed E-state index contributed by atoms with van der Waals surface area (Å²) in [6.07, 6.45) is 0. The summed E-state index contributed by atoms with van der Waals surface area (Å²) in [7, 11) is 2.97. The lowest BCUT2D eigenvalue weighted by atomic mass is 10.2. The Kier molecular flexibility index (Phi) is 5.96. The molecule has 0 N–H and O–H groups in total. The number of nitrogens with zero attached hydrogens (tertiary/aromatic N) is 4. The van der Waals surface area contributed by atoms with Gasteiger partial charge >= 0.3 is 5.69 Å². The van der Waals surface area contributed by atoms with Gasteiger partial charge in [-0.25, -0.2) is 14.2 Å². The zero-order chi connectivity index (χ0) is 22.3. The van der Waals surface area contributed by atoms with Gasteiger partial charge < -0.3 is 4.57 Å². The van der Waals surface area contributed by atoms with E-state index >= 15 is 0 Å². The Labute approximate surface area is 190 Å². The average molecular weight is 479 g/mol. The van der Waals surface area contributed by atoms with Crippen LogP contribution in [0.3, 0.4) is 0 Å². The Bertz CT molecular complexity index is 1410. The van der Waals surface area contributed by atoms with Gasteiger partial charge in [0.15, 0.2) is 16.3 Å². The van der Waals surface area contributed by atoms with Gasteiger partial charge in [0.05, 0.1) is 6.54 Å². The third-order valence-electron chi connectivity index (χ3n) is 5.01. The largest absolute Gasteiger partial charge is 0.332 e. The van der Waals surface area contributed by atoms with Crippen molar-refractivity contribution in [1.82, 2.24) is 18.7 Å². The molecule has 2 aromatic carbocycles. The molecule has 6 nitrogen and oxygen atoms in total. The van der Waals surface area contributed by atoms with Crippen LogP contribution in [0.2, 0.25) is 10.0 Å². The van der Waals surface area contributed by atoms with Crippen LogP contribution in [-0.4, -0.2) is 18.7 Å². The number of aryl methyl sites for hydroxylation is 1. The summed E-state index contributed by atoms with van der Waals surface area (Å²) < 4.78 is 18.3. The molecule has 4 aromatic rings. The molecule has 0 unspecified atom stereocenters. The SMILES string of the molecule is Cn1c(=O)c2c(nc(SCc3c(F)cccc3Cl)n2Cc2ccccc2Cl)n(C)c1=O. The number of hydrogen-bond acceptors (Lipinski definition) is 4. The van der Waals surface area contributed by atoms with Gasteiger partial charge in [-0.05, 0) is 23.8 Å². The molecule has 4 rings (SSSR count). The fraction of sp³-hybridized carbons (Fsp3) is 0.190. The highest BCUT2D eigenvalue weighted by Gasteiger charge is 2.21. The van der Waals surface area contributed by atoms with Crippen LogP contribution in [0.1, 0.15) is 11.1 Å². The van der Waals surface area contributed by atoms with Gasteiger partial charge in [0.25, 0.3) is 5.56 Å². The lowest BCUT2D eigenvalue weighted by Gasteiger charge is -2.11. The summed E-state index contributed by atoms with van der Waals surface area (Å²) in [5, 5.41) is 1.30. The molecule has 0 spiro atoms. The highest BCUT2D eigenvalue weighted by molar-refractivity contribution is 7.98. The first-order valence-electron chi connectivity index (χ1n) is 9.25. The fourth-order valence-corrected chi connectivity index (χ4v) is 4.82. The Balaban J connectivity index is 1.88. The van der Waals surface area contributed by atoms with Crippen molar-refractivity contribution < 1.29 is 4.39 Å². The second kappa shape index (κ2) is 8.53. The molecule has 0 atom stereocenters. The second-order valence-corrected chi connectivity index (χ2v) is 8.70. The zero-order valence-corrected chi connectivity index (χ0v) is 18.9. The maximum Gasteiger partial charge on any atom is 0.332 e. The van der Waals surface area contributed by atoms with Crippen LogP contribution in [0.5, 0.6) is 0 Å². The molecule has 10 heteroatoms. The van der Waals surface area contributed by atoms with Gasteiger partial charge in [0.1, 0.15) is 5.82 Å². The van der Waals surface area contributed by atoms with Crippen LogP contribution < -0.4 is 11.2 Å². The van der Waals surface area contributed by atoms with E-state index in [1.165, 1.54) is 35.5 Å². The maximum atomic E-state index is 14.3. The summed E-state index contributed by atoms with van der Waals surface area (Å²) in [5.74, 6) is -0.219. The molecule has 0 bridgehead atoms. The van der Waals surface area contributed by atoms with Crippen LogP contribution in [0, 0.1) is 5.82 Å². The number of rotatable bonds is 5. The van der Waals surface area contributed by atoms with E-state index in [2.05, 4.69) is 4.98 Å². The Morgan fingerprint density at radius 3 is 2.42 bits per heavy atom. The van der Waals surface area contributed by atoms with Crippen molar-refractivity contribution >= 4 is 46.1 Å². The van der Waals surface area contributed by atoms with Gasteiger partial charge in [-0.2, -0.15) is 0 Å². The lowest BCUT2D eigenvalue weighted by Crippen LogP contribution is -2.37. The van der Waals surface area contributed by atoms with E-state index < -0.39 is 17.1 Å². The minimum atomic E-state index is -0.478. The molecule has 0 saturated heterocycles. The van der Waals surface area contributed by atoms with Crippen LogP contribution in [0.4, 0.5) is 4.39 Å². The van der Waals surface area contributed by atoms with Crippen molar-refractivity contribution in [3.63, 3.8) is 0 Å². The van der Waals surface area contributed by atoms with Gasteiger partial charge in [-0.3, -0.25) is 13.9 Å². The monoisotopic (exact) mass is 478 g/mol. The van der Waals surface area contributed by atoms with Crippen molar-refractivity contribution in [2.45, 2.75) is 17.5 Å². The van der Waals surface area contributed by atoms with E-state index in [9.17, 15) is 14.0 Å². The van der Waals surface area contributed by atoms with Gasteiger partial charge in [0, 0.05) is 35.5 Å². The minimum absolute atomic E-state index is 0.200. The lowest BCUT2D eigenvalue weighted by molar-refractivity contribution is 0.617. The normalized spacial score (nSPS) is 11.4. The van der Waals surface area contributed by atoms with Crippen molar-refractivity contribution in [1.29, 1.82) is 0 Å². The van der Waals surface area contributed by atoms with Crippen molar-refractivity contribution in [3.05, 3.63) is 90.3 Å². The van der Waals surface area contributed by atoms with Crippen molar-refractivity contribution in [2.24, 2.45) is 14.1 Å². The molecule has 2 aromatic heterocycles. The number of aromatic nitrogens is 4. The summed E-state index contributed by atoms with van der Waals surface area (Å²) in [6, 6.07) is 11.8. The van der Waals surface area contributed by atoms with E-state index in [0.717, 1.165) is 10.1 Å². The van der Waals surface area contributed by atoms with E-state index in [-0.39, 0.29) is 23.5 Å². The zero-order valence-electron chi connectivity index (χ0n) is 16.6. The topological polar surface area (TPSA) is 61.8 Å². The van der Waals surface area contributed by atoms with Crippen LogP contribution in [-0.2, 0) is 26.4 Å². The molecule has 0 aliphatic heterocycles. The predicted molar refractivity (Wildman–Crippen MR) is 122 cm³/mol. The molecule has 0 saturated carbocycles. The van der Waals surface area contributed by atoms with E-state index in [1.807, 2.05) is 18.2 Å². The van der Waals surface area contributed by atoms with Crippen LogP contribution in [0.15, 0.2) is 57.2 Å². The molecule has 2 heterocycles. The first kappa shape index (κ1) is 21.7. The van der Waals surface area contributed by atoms with E-state index in [4.69, 9.17) is 23.2 Å². The van der Waals surface area contributed by atoms with Crippen molar-refractivity contribution in [2.75, 3.05) is 0 Å². The number of halogens is 3. The van der Waals surface area contributed by atoms with Gasteiger partial charge in [-0.1, -0.05) is 59.2 Å². The summed E-state index contributed by atoms with van der Waals surface area (Å²) in [5.41, 5.74) is 0.702. The van der Waals surface area contributed by atoms with Gasteiger partial charge in [-0.15, -0.1) is 0 Å². The highest BCUT2D eigenvalue weighted by atomic mass is 35.5. The molecule has 31 heavy (non-hydrogen) atoms. The quantitative estimate of drug-likeness (QED) is 0.403. The Morgan fingerprint density at radius 1 is 1.00 bits per heavy atom. The second-order valence-electron chi connectivity index (χ2n) is 6.94. The minimum Gasteiger partial charge on any atom is -0.309 e. The maximum absolute atomic E-state index is 14.3. The number of thioether (sulfide) groups is 1. The number of imidazole rings is 1. The Hall–Kier alpha value is -2.55. The van der Waals surface area contributed by atoms with Crippen LogP contribution in [0.25, 0.3) is 11.2 Å². The van der Waals surface area contributed by atoms with Crippen LogP contribution >= 0.6 is 35.0 Å². The molecule has 0 aliphatic carbocycles. The average Bonchev–Trinajstić information content (AvgIpc) is 3.10.